The molecule has 0 unspecified atom stereocenters. The predicted molar refractivity (Wildman–Crippen MR) is 86.2 cm³/mol. The van der Waals surface area contributed by atoms with E-state index in [4.69, 9.17) is 11.6 Å². The third-order valence-electron chi connectivity index (χ3n) is 3.04. The molecule has 0 saturated heterocycles. The van der Waals surface area contributed by atoms with Gasteiger partial charge in [-0.2, -0.15) is 0 Å². The van der Waals surface area contributed by atoms with Gasteiger partial charge in [-0.15, -0.1) is 11.3 Å². The van der Waals surface area contributed by atoms with Crippen molar-refractivity contribution in [3.63, 3.8) is 0 Å². The van der Waals surface area contributed by atoms with Crippen molar-refractivity contribution in [1.82, 2.24) is 14.6 Å². The van der Waals surface area contributed by atoms with E-state index in [0.717, 1.165) is 17.1 Å². The van der Waals surface area contributed by atoms with Crippen molar-refractivity contribution < 1.29 is 8.42 Å². The van der Waals surface area contributed by atoms with Crippen LogP contribution >= 0.6 is 22.9 Å². The highest BCUT2D eigenvalue weighted by atomic mass is 35.5. The van der Waals surface area contributed by atoms with Crippen molar-refractivity contribution in [2.45, 2.75) is 31.5 Å². The summed E-state index contributed by atoms with van der Waals surface area (Å²) in [5, 5.41) is 3.04. The second-order valence-corrected chi connectivity index (χ2v) is 8.08. The normalized spacial score (nSPS) is 12.0. The molecule has 0 radical (unpaired) electrons. The van der Waals surface area contributed by atoms with Gasteiger partial charge in [0.15, 0.2) is 0 Å². The molecule has 0 aliphatic rings. The molecule has 0 saturated carbocycles. The minimum absolute atomic E-state index is 0.248. The highest BCUT2D eigenvalue weighted by Crippen LogP contribution is 2.22. The van der Waals surface area contributed by atoms with Crippen molar-refractivity contribution in [2.24, 2.45) is 0 Å². The van der Waals surface area contributed by atoms with Crippen molar-refractivity contribution in [2.75, 3.05) is 7.05 Å². The van der Waals surface area contributed by atoms with E-state index in [1.807, 2.05) is 24.6 Å². The maximum Gasteiger partial charge on any atom is 0.242 e. The summed E-state index contributed by atoms with van der Waals surface area (Å²) in [7, 11) is -1.68. The Morgan fingerprint density at radius 2 is 2.10 bits per heavy atom. The number of sulfonamides is 1. The SMILES string of the molecule is CCn1cc(S(=O)(=O)NCc2ccc(Cl)s2)cc1CNC. The predicted octanol–water partition coefficient (Wildman–Crippen LogP) is 2.42. The summed E-state index contributed by atoms with van der Waals surface area (Å²) < 4.78 is 29.8. The first kappa shape index (κ1) is 16.5. The monoisotopic (exact) mass is 347 g/mol. The number of thiophene rings is 1. The van der Waals surface area contributed by atoms with Gasteiger partial charge < -0.3 is 9.88 Å². The molecule has 2 aromatic rings. The summed E-state index contributed by atoms with van der Waals surface area (Å²) in [6.07, 6.45) is 1.66. The summed E-state index contributed by atoms with van der Waals surface area (Å²) in [6.45, 7) is 3.59. The highest BCUT2D eigenvalue weighted by Gasteiger charge is 2.18. The van der Waals surface area contributed by atoms with Crippen LogP contribution in [0.4, 0.5) is 0 Å². The molecule has 0 aliphatic heterocycles. The lowest BCUT2D eigenvalue weighted by atomic mass is 10.4. The Morgan fingerprint density at radius 1 is 1.33 bits per heavy atom. The first-order chi connectivity index (χ1) is 9.96. The van der Waals surface area contributed by atoms with E-state index in [1.54, 1.807) is 18.3 Å². The van der Waals surface area contributed by atoms with E-state index in [1.165, 1.54) is 11.3 Å². The molecule has 5 nitrogen and oxygen atoms in total. The molecule has 0 aromatic carbocycles. The Hall–Kier alpha value is -0.860. The second kappa shape index (κ2) is 6.93. The molecule has 2 heterocycles. The molecule has 0 atom stereocenters. The van der Waals surface area contributed by atoms with Gasteiger partial charge in [-0.25, -0.2) is 13.1 Å². The fourth-order valence-electron chi connectivity index (χ4n) is 1.99. The minimum atomic E-state index is -3.51. The van der Waals surface area contributed by atoms with Crippen LogP contribution in [0.25, 0.3) is 0 Å². The van der Waals surface area contributed by atoms with Gasteiger partial charge in [0.25, 0.3) is 0 Å². The molecule has 2 N–H and O–H groups in total. The van der Waals surface area contributed by atoms with E-state index in [9.17, 15) is 8.42 Å². The zero-order valence-corrected chi connectivity index (χ0v) is 14.3. The number of nitrogens with zero attached hydrogens (tertiary/aromatic N) is 1. The zero-order valence-electron chi connectivity index (χ0n) is 11.9. The van der Waals surface area contributed by atoms with Gasteiger partial charge in [-0.1, -0.05) is 11.6 Å². The zero-order chi connectivity index (χ0) is 15.5. The Balaban J connectivity index is 2.15. The lowest BCUT2D eigenvalue weighted by Crippen LogP contribution is -2.22. The molecule has 2 rings (SSSR count). The van der Waals surface area contributed by atoms with Gasteiger partial charge in [0, 0.05) is 36.4 Å². The van der Waals surface area contributed by atoms with Crippen molar-refractivity contribution in [3.8, 4) is 0 Å². The van der Waals surface area contributed by atoms with Crippen LogP contribution in [-0.2, 0) is 29.7 Å². The molecule has 0 amide bonds. The summed E-state index contributed by atoms with van der Waals surface area (Å²) in [5.74, 6) is 0. The van der Waals surface area contributed by atoms with Crippen LogP contribution in [-0.4, -0.2) is 20.0 Å². The maximum absolute atomic E-state index is 12.3. The average Bonchev–Trinajstić information content (AvgIpc) is 3.04. The summed E-state index contributed by atoms with van der Waals surface area (Å²) in [6, 6.07) is 5.28. The first-order valence-electron chi connectivity index (χ1n) is 6.53. The number of aryl methyl sites for hydroxylation is 1. The molecule has 8 heteroatoms. The van der Waals surface area contributed by atoms with Crippen LogP contribution in [0.3, 0.4) is 0 Å². The van der Waals surface area contributed by atoms with Gasteiger partial charge >= 0.3 is 0 Å². The van der Waals surface area contributed by atoms with Crippen LogP contribution in [0.2, 0.25) is 4.34 Å². The smallest absolute Gasteiger partial charge is 0.242 e. The summed E-state index contributed by atoms with van der Waals surface area (Å²) in [5.41, 5.74) is 0.944. The number of nitrogens with one attached hydrogen (secondary N) is 2. The van der Waals surface area contributed by atoms with Crippen LogP contribution < -0.4 is 10.0 Å². The van der Waals surface area contributed by atoms with Gasteiger partial charge in [-0.05, 0) is 32.2 Å². The molecule has 0 fully saturated rings. The Kier molecular flexibility index (Phi) is 5.45. The Morgan fingerprint density at radius 3 is 2.67 bits per heavy atom. The van der Waals surface area contributed by atoms with Crippen molar-refractivity contribution in [1.29, 1.82) is 0 Å². The van der Waals surface area contributed by atoms with E-state index in [0.29, 0.717) is 10.9 Å². The van der Waals surface area contributed by atoms with Gasteiger partial charge in [0.1, 0.15) is 0 Å². The first-order valence-corrected chi connectivity index (χ1v) is 9.21. The third-order valence-corrected chi connectivity index (χ3v) is 5.63. The van der Waals surface area contributed by atoms with E-state index >= 15 is 0 Å². The molecule has 21 heavy (non-hydrogen) atoms. The second-order valence-electron chi connectivity index (χ2n) is 4.51. The summed E-state index contributed by atoms with van der Waals surface area (Å²) >= 11 is 7.20. The number of halogens is 1. The fourth-order valence-corrected chi connectivity index (χ4v) is 4.18. The maximum atomic E-state index is 12.3. The average molecular weight is 348 g/mol. The number of hydrogen-bond acceptors (Lipinski definition) is 4. The standard InChI is InChI=1S/C13H18ClN3O2S2/c1-3-17-9-12(6-10(17)7-15-2)21(18,19)16-8-11-4-5-13(14)20-11/h4-6,9,15-16H,3,7-8H2,1-2H3. The van der Waals surface area contributed by atoms with Crippen molar-refractivity contribution >= 4 is 33.0 Å². The molecular weight excluding hydrogens is 330 g/mol. The lowest BCUT2D eigenvalue weighted by molar-refractivity contribution is 0.581. The van der Waals surface area contributed by atoms with Gasteiger partial charge in [-0.3, -0.25) is 0 Å². The van der Waals surface area contributed by atoms with E-state index in [2.05, 4.69) is 10.0 Å². The molecule has 0 aliphatic carbocycles. The van der Waals surface area contributed by atoms with Crippen LogP contribution in [0, 0.1) is 0 Å². The number of aromatic nitrogens is 1. The van der Waals surface area contributed by atoms with E-state index < -0.39 is 10.0 Å². The molecule has 2 aromatic heterocycles. The molecule has 0 spiro atoms. The summed E-state index contributed by atoms with van der Waals surface area (Å²) in [4.78, 5) is 1.17. The molecule has 116 valence electrons. The van der Waals surface area contributed by atoms with Crippen LogP contribution in [0.1, 0.15) is 17.5 Å². The lowest BCUT2D eigenvalue weighted by Gasteiger charge is -2.04. The third kappa shape index (κ3) is 4.08. The minimum Gasteiger partial charge on any atom is -0.349 e. The highest BCUT2D eigenvalue weighted by molar-refractivity contribution is 7.89. The van der Waals surface area contributed by atoms with Crippen LogP contribution in [0.15, 0.2) is 29.3 Å². The topological polar surface area (TPSA) is 63.1 Å². The largest absolute Gasteiger partial charge is 0.349 e. The Bertz CT molecular complexity index is 707. The Labute approximate surface area is 134 Å². The quantitative estimate of drug-likeness (QED) is 0.808. The number of rotatable bonds is 7. The van der Waals surface area contributed by atoms with Crippen molar-refractivity contribution in [3.05, 3.63) is 39.3 Å². The molecular formula is C13H18ClN3O2S2. The van der Waals surface area contributed by atoms with Gasteiger partial charge in [0.05, 0.1) is 9.23 Å². The van der Waals surface area contributed by atoms with Gasteiger partial charge in [0.2, 0.25) is 10.0 Å². The van der Waals surface area contributed by atoms with Crippen LogP contribution in [0.5, 0.6) is 0 Å². The number of hydrogen-bond donors (Lipinski definition) is 2. The van der Waals surface area contributed by atoms with E-state index in [-0.39, 0.29) is 11.4 Å². The molecule has 0 bridgehead atoms. The fraction of sp³-hybridized carbons (Fsp3) is 0.385.